The smallest absolute Gasteiger partial charge is 0.460 e. The molecule has 322 valence electrons. The molecule has 0 aliphatic carbocycles. The number of piperidine rings is 3. The molecule has 2 aromatic carbocycles. The predicted octanol–water partition coefficient (Wildman–Crippen LogP) is 10.2. The first-order chi connectivity index (χ1) is 26.5. The number of carbonyl (C=O) groups is 1. The van der Waals surface area contributed by atoms with Gasteiger partial charge >= 0.3 is 53.6 Å². The summed E-state index contributed by atoms with van der Waals surface area (Å²) in [5.74, 6) is -59.0. The topological polar surface area (TPSA) is 77.7 Å². The van der Waals surface area contributed by atoms with E-state index in [2.05, 4.69) is 4.98 Å². The van der Waals surface area contributed by atoms with Gasteiger partial charge in [-0.2, -0.15) is 74.6 Å². The molecule has 0 saturated carbocycles. The number of nitrogens with zero attached hydrogens (tertiary/aromatic N) is 2. The number of aromatic nitrogens is 1. The Balaban J connectivity index is 1.39. The molecule has 3 saturated heterocycles. The Morgan fingerprint density at radius 3 is 1.90 bits per heavy atom. The van der Waals surface area contributed by atoms with Gasteiger partial charge in [0.05, 0.1) is 24.2 Å². The van der Waals surface area contributed by atoms with Gasteiger partial charge in [0.15, 0.2) is 0 Å². The fraction of sp³-hybridized carbons (Fsp3) is 0.543. The van der Waals surface area contributed by atoms with Crippen LogP contribution in [0.15, 0.2) is 54.7 Å². The summed E-state index contributed by atoms with van der Waals surface area (Å²) in [5.41, 5.74) is 6.87. The van der Waals surface area contributed by atoms with Crippen molar-refractivity contribution in [3.05, 3.63) is 65.9 Å². The molecule has 23 heteroatoms. The van der Waals surface area contributed by atoms with E-state index in [4.69, 9.17) is 15.2 Å². The lowest BCUT2D eigenvalue weighted by atomic mass is 9.71. The third-order valence-corrected chi connectivity index (χ3v) is 10.6. The maximum Gasteiger partial charge on any atom is 0.460 e. The first-order valence-electron chi connectivity index (χ1n) is 16.9. The maximum absolute atomic E-state index is 14.9. The molecule has 6 nitrogen and oxygen atoms in total. The van der Waals surface area contributed by atoms with E-state index >= 15 is 0 Å². The molecule has 6 rings (SSSR count). The second kappa shape index (κ2) is 14.8. The molecule has 0 amide bonds. The molecule has 1 unspecified atom stereocenters. The normalized spacial score (nSPS) is 21.9. The van der Waals surface area contributed by atoms with Gasteiger partial charge in [0.25, 0.3) is 0 Å². The number of methoxy groups -OCH3 is 1. The Kier molecular flexibility index (Phi) is 11.4. The average Bonchev–Trinajstić information content (AvgIpc) is 3.15. The number of rotatable bonds is 14. The summed E-state index contributed by atoms with van der Waals surface area (Å²) in [6.07, 6.45) is -11.2. The third kappa shape index (κ3) is 7.11. The largest absolute Gasteiger partial charge is 0.497 e. The van der Waals surface area contributed by atoms with E-state index < -0.39 is 90.4 Å². The van der Waals surface area contributed by atoms with Crippen molar-refractivity contribution < 1.29 is 88.9 Å². The number of esters is 1. The van der Waals surface area contributed by atoms with Crippen LogP contribution in [0.2, 0.25) is 0 Å². The summed E-state index contributed by atoms with van der Waals surface area (Å²) in [4.78, 5) is 19.3. The number of hydrogen-bond donors (Lipinski definition) is 1. The van der Waals surface area contributed by atoms with E-state index in [0.29, 0.717) is 27.9 Å². The summed E-state index contributed by atoms with van der Waals surface area (Å²) in [5, 5.41) is 0.446. The highest BCUT2D eigenvalue weighted by molar-refractivity contribution is 5.90. The van der Waals surface area contributed by atoms with Crippen LogP contribution in [0, 0.1) is 11.8 Å². The van der Waals surface area contributed by atoms with Crippen LogP contribution in [0.25, 0.3) is 10.9 Å². The van der Waals surface area contributed by atoms with Crippen molar-refractivity contribution in [2.24, 2.45) is 11.8 Å². The van der Waals surface area contributed by atoms with Crippen LogP contribution < -0.4 is 10.5 Å². The number of alkyl halides is 17. The molecule has 3 aliphatic heterocycles. The number of ether oxygens (including phenoxy) is 2. The minimum atomic E-state index is -8.67. The van der Waals surface area contributed by atoms with Crippen molar-refractivity contribution in [1.82, 2.24) is 9.88 Å². The molecule has 58 heavy (non-hydrogen) atoms. The molecule has 0 radical (unpaired) electrons. The highest BCUT2D eigenvalue weighted by Gasteiger charge is 2.95. The predicted molar refractivity (Wildman–Crippen MR) is 169 cm³/mol. The molecule has 4 heterocycles. The summed E-state index contributed by atoms with van der Waals surface area (Å²) < 4.78 is 246. The molecule has 0 spiro atoms. The lowest BCUT2D eigenvalue weighted by molar-refractivity contribution is -0.461. The van der Waals surface area contributed by atoms with Crippen molar-refractivity contribution in [3.63, 3.8) is 0 Å². The van der Waals surface area contributed by atoms with Gasteiger partial charge in [-0.1, -0.05) is 0 Å². The number of fused-ring (bicyclic) bond motifs is 4. The first-order valence-corrected chi connectivity index (χ1v) is 16.9. The molecule has 1 aromatic heterocycles. The third-order valence-electron chi connectivity index (χ3n) is 10.6. The molecular weight excluding hydrogens is 833 g/mol. The number of hydrogen-bond acceptors (Lipinski definition) is 6. The van der Waals surface area contributed by atoms with Gasteiger partial charge in [-0.25, -0.2) is 4.79 Å². The van der Waals surface area contributed by atoms with E-state index in [-0.39, 0.29) is 31.5 Å². The van der Waals surface area contributed by atoms with Gasteiger partial charge in [-0.15, -0.1) is 0 Å². The Hall–Kier alpha value is -4.31. The number of nitrogens with two attached hydrogens (primary N) is 1. The van der Waals surface area contributed by atoms with Crippen LogP contribution in [0.3, 0.4) is 0 Å². The zero-order valence-corrected chi connectivity index (χ0v) is 29.4. The second-order valence-corrected chi connectivity index (χ2v) is 14.0. The van der Waals surface area contributed by atoms with Crippen molar-refractivity contribution in [2.75, 3.05) is 25.9 Å². The number of benzene rings is 2. The molecule has 5 atom stereocenters. The zero-order valence-electron chi connectivity index (χ0n) is 29.4. The molecule has 3 aromatic rings. The summed E-state index contributed by atoms with van der Waals surface area (Å²) in [6, 6.07) is 11.1. The quantitative estimate of drug-likeness (QED) is 0.0989. The highest BCUT2D eigenvalue weighted by Crippen LogP contribution is 2.64. The Bertz CT molecular complexity index is 1970. The average molecular weight is 864 g/mol. The van der Waals surface area contributed by atoms with Crippen LogP contribution in [-0.2, 0) is 4.74 Å². The van der Waals surface area contributed by atoms with Crippen LogP contribution in [-0.4, -0.2) is 89.7 Å². The molecular formula is C35H30F17N3O3. The summed E-state index contributed by atoms with van der Waals surface area (Å²) >= 11 is 0. The van der Waals surface area contributed by atoms with Crippen LogP contribution in [0.4, 0.5) is 80.3 Å². The number of halogens is 17. The molecule has 3 aliphatic rings. The Morgan fingerprint density at radius 1 is 0.793 bits per heavy atom. The van der Waals surface area contributed by atoms with Gasteiger partial charge < -0.3 is 15.2 Å². The van der Waals surface area contributed by atoms with Crippen molar-refractivity contribution >= 4 is 22.6 Å². The molecule has 2 bridgehead atoms. The zero-order chi connectivity index (χ0) is 43.7. The SMILES string of the molecule is COc1ccc2nccc([C@@H](OC(=O)c3ccc(N)cc3)[C@@H]3C[C@@H]4CCN3C[C@@H]4CCC(F)(F)C(F)(F)C(F)(F)C(F)(F)C(F)(F)C(F)(F)C(F)(F)C(F)(F)F)c2c1. The van der Waals surface area contributed by atoms with E-state index in [9.17, 15) is 79.4 Å². The Morgan fingerprint density at radius 2 is 1.36 bits per heavy atom. The number of carbonyl (C=O) groups excluding carboxylic acids is 1. The number of nitrogen functional groups attached to an aromatic ring is 1. The highest BCUT2D eigenvalue weighted by atomic mass is 19.4. The molecule has 2 N–H and O–H groups in total. The van der Waals surface area contributed by atoms with Crippen LogP contribution in [0.5, 0.6) is 5.75 Å². The first kappa shape index (κ1) is 44.8. The molecule has 3 fully saturated rings. The fourth-order valence-electron chi connectivity index (χ4n) is 7.22. The van der Waals surface area contributed by atoms with Gasteiger partial charge in [-0.05, 0) is 86.2 Å². The van der Waals surface area contributed by atoms with E-state index in [1.807, 2.05) is 0 Å². The monoisotopic (exact) mass is 863 g/mol. The summed E-state index contributed by atoms with van der Waals surface area (Å²) in [7, 11) is 1.38. The van der Waals surface area contributed by atoms with Gasteiger partial charge in [0.1, 0.15) is 11.9 Å². The lowest BCUT2D eigenvalue weighted by Crippen LogP contribution is -2.74. The maximum atomic E-state index is 14.9. The number of pyridine rings is 1. The fourth-order valence-corrected chi connectivity index (χ4v) is 7.22. The second-order valence-electron chi connectivity index (χ2n) is 14.0. The van der Waals surface area contributed by atoms with Crippen molar-refractivity contribution in [2.45, 2.75) is 85.5 Å². The van der Waals surface area contributed by atoms with E-state index in [1.54, 1.807) is 23.1 Å². The van der Waals surface area contributed by atoms with Gasteiger partial charge in [0, 0.05) is 35.8 Å². The summed E-state index contributed by atoms with van der Waals surface area (Å²) in [6.45, 7) is -0.139. The minimum Gasteiger partial charge on any atom is -0.497 e. The Labute approximate surface area is 316 Å². The van der Waals surface area contributed by atoms with Crippen LogP contribution >= 0.6 is 0 Å². The van der Waals surface area contributed by atoms with E-state index in [1.165, 1.54) is 43.6 Å². The standard InChI is InChI=1S/C35H30F17N3O3/c1-57-21-6-7-24-23(15-21)22(9-12-54-24)26(58-27(56)17-2-4-20(53)5-3-17)25-14-18-10-13-55(25)16-19(18)8-11-28(36,37)29(38,39)30(40,41)31(42,43)32(44,45)33(46,47)34(48,49)35(50,51)52/h2-7,9,12,15,18-19,25-26H,8,10-11,13-14,16,53H2,1H3/t18-,19-,25-,26+/m0/s1. The van der Waals surface area contributed by atoms with Crippen molar-refractivity contribution in [1.29, 1.82) is 0 Å². The van der Waals surface area contributed by atoms with Gasteiger partial charge in [-0.3, -0.25) is 9.88 Å². The lowest BCUT2D eigenvalue weighted by Gasteiger charge is -2.52. The van der Waals surface area contributed by atoms with Gasteiger partial charge in [0.2, 0.25) is 0 Å². The van der Waals surface area contributed by atoms with Crippen molar-refractivity contribution in [3.8, 4) is 5.75 Å². The van der Waals surface area contributed by atoms with E-state index in [0.717, 1.165) is 0 Å². The van der Waals surface area contributed by atoms with Crippen LogP contribution in [0.1, 0.15) is 47.7 Å². The minimum absolute atomic E-state index is 0.0525. The number of anilines is 1.